The molecule has 5 aliphatic carbocycles. The predicted molar refractivity (Wildman–Crippen MR) is 120 cm³/mol. The number of rotatable bonds is 5. The van der Waals surface area contributed by atoms with Gasteiger partial charge in [-0.1, -0.05) is 12.8 Å². The first-order valence-corrected chi connectivity index (χ1v) is 12.3. The molecule has 0 spiro atoms. The predicted octanol–water partition coefficient (Wildman–Crippen LogP) is 4.78. The van der Waals surface area contributed by atoms with E-state index >= 15 is 0 Å². The van der Waals surface area contributed by atoms with E-state index in [9.17, 15) is 14.7 Å². The Morgan fingerprint density at radius 3 is 2.16 bits per heavy atom. The van der Waals surface area contributed by atoms with Gasteiger partial charge >= 0.3 is 5.97 Å². The van der Waals surface area contributed by atoms with Crippen LogP contribution >= 0.6 is 0 Å². The van der Waals surface area contributed by atoms with Gasteiger partial charge in [-0.25, -0.2) is 9.48 Å². The molecule has 2 aromatic rings. The molecule has 6 nitrogen and oxygen atoms in total. The van der Waals surface area contributed by atoms with E-state index in [0.29, 0.717) is 29.4 Å². The summed E-state index contributed by atoms with van der Waals surface area (Å²) in [5.74, 6) is 2.46. The molecule has 0 radical (unpaired) electrons. The second kappa shape index (κ2) is 7.75. The van der Waals surface area contributed by atoms with Crippen LogP contribution in [0, 0.1) is 23.7 Å². The molecule has 0 atom stereocenters. The second-order valence-electron chi connectivity index (χ2n) is 10.6. The molecule has 1 aromatic carbocycles. The average molecular weight is 434 g/mol. The van der Waals surface area contributed by atoms with Crippen LogP contribution < -0.4 is 5.32 Å². The van der Waals surface area contributed by atoms with Crippen molar-refractivity contribution in [1.29, 1.82) is 0 Å². The lowest BCUT2D eigenvalue weighted by Gasteiger charge is -2.54. The van der Waals surface area contributed by atoms with E-state index in [1.807, 2.05) is 4.68 Å². The quantitative estimate of drug-likeness (QED) is 0.711. The zero-order chi connectivity index (χ0) is 21.8. The summed E-state index contributed by atoms with van der Waals surface area (Å²) >= 11 is 0. The molecule has 0 unspecified atom stereocenters. The lowest BCUT2D eigenvalue weighted by molar-refractivity contribution is -0.0119. The fraction of sp³-hybridized carbons (Fsp3) is 0.577. The number of aromatic nitrogens is 2. The minimum Gasteiger partial charge on any atom is -0.478 e. The first-order valence-electron chi connectivity index (χ1n) is 12.3. The highest BCUT2D eigenvalue weighted by Gasteiger charge is 2.48. The fourth-order valence-electron chi connectivity index (χ4n) is 7.47. The number of carbonyl (C=O) groups excluding carboxylic acids is 1. The lowest BCUT2D eigenvalue weighted by Crippen LogP contribution is -2.55. The van der Waals surface area contributed by atoms with E-state index in [1.165, 1.54) is 44.9 Å². The monoisotopic (exact) mass is 433 g/mol. The molecule has 32 heavy (non-hydrogen) atoms. The van der Waals surface area contributed by atoms with Gasteiger partial charge in [0.2, 0.25) is 0 Å². The SMILES string of the molecule is O=C(O)c1ccc(-n2ncc(C(=O)NC3C4CC5CC(C4)CC3C5)c2C2CCCC2)cc1. The number of carboxylic acid groups (broad SMARTS) is 1. The lowest BCUT2D eigenvalue weighted by atomic mass is 9.54. The Kier molecular flexibility index (Phi) is 4.85. The normalized spacial score (nSPS) is 31.2. The molecule has 0 aliphatic heterocycles. The fourth-order valence-corrected chi connectivity index (χ4v) is 7.47. The molecule has 1 amide bonds. The number of carboxylic acids is 1. The van der Waals surface area contributed by atoms with Gasteiger partial charge in [-0.3, -0.25) is 4.79 Å². The molecule has 6 heteroatoms. The molecule has 0 saturated heterocycles. The van der Waals surface area contributed by atoms with Crippen molar-refractivity contribution >= 4 is 11.9 Å². The molecule has 5 fully saturated rings. The minimum atomic E-state index is -0.941. The Balaban J connectivity index is 1.30. The zero-order valence-corrected chi connectivity index (χ0v) is 18.4. The Hall–Kier alpha value is -2.63. The van der Waals surface area contributed by atoms with Gasteiger partial charge < -0.3 is 10.4 Å². The van der Waals surface area contributed by atoms with Gasteiger partial charge in [0.25, 0.3) is 5.91 Å². The minimum absolute atomic E-state index is 0.0257. The van der Waals surface area contributed by atoms with Gasteiger partial charge in [0.1, 0.15) is 0 Å². The number of hydrogen-bond donors (Lipinski definition) is 2. The highest BCUT2D eigenvalue weighted by molar-refractivity contribution is 5.95. The van der Waals surface area contributed by atoms with Crippen LogP contribution in [0.5, 0.6) is 0 Å². The number of amides is 1. The third kappa shape index (κ3) is 3.35. The maximum absolute atomic E-state index is 13.6. The van der Waals surface area contributed by atoms with E-state index < -0.39 is 5.97 Å². The van der Waals surface area contributed by atoms with Crippen LogP contribution in [-0.2, 0) is 0 Å². The van der Waals surface area contributed by atoms with Crippen LogP contribution in [0.2, 0.25) is 0 Å². The van der Waals surface area contributed by atoms with Gasteiger partial charge in [-0.15, -0.1) is 0 Å². The average Bonchev–Trinajstić information content (AvgIpc) is 3.45. The van der Waals surface area contributed by atoms with Crippen molar-refractivity contribution < 1.29 is 14.7 Å². The maximum atomic E-state index is 13.6. The van der Waals surface area contributed by atoms with Crippen molar-refractivity contribution in [2.24, 2.45) is 23.7 Å². The topological polar surface area (TPSA) is 84.2 Å². The Labute approximate surface area is 188 Å². The van der Waals surface area contributed by atoms with Crippen molar-refractivity contribution in [2.45, 2.75) is 69.7 Å². The van der Waals surface area contributed by atoms with Crippen molar-refractivity contribution in [3.63, 3.8) is 0 Å². The van der Waals surface area contributed by atoms with E-state index in [2.05, 4.69) is 10.4 Å². The Morgan fingerprint density at radius 2 is 1.56 bits per heavy atom. The molecule has 5 aliphatic rings. The summed E-state index contributed by atoms with van der Waals surface area (Å²) in [5, 5.41) is 17.3. The molecule has 7 rings (SSSR count). The van der Waals surface area contributed by atoms with Crippen LogP contribution in [-0.4, -0.2) is 32.8 Å². The van der Waals surface area contributed by atoms with Gasteiger partial charge in [0, 0.05) is 12.0 Å². The number of nitrogens with one attached hydrogen (secondary N) is 1. The summed E-state index contributed by atoms with van der Waals surface area (Å²) < 4.78 is 1.87. The summed E-state index contributed by atoms with van der Waals surface area (Å²) in [4.78, 5) is 24.8. The number of aromatic carboxylic acids is 1. The number of hydrogen-bond acceptors (Lipinski definition) is 3. The molecule has 168 valence electrons. The van der Waals surface area contributed by atoms with E-state index in [1.54, 1.807) is 30.5 Å². The summed E-state index contributed by atoms with van der Waals surface area (Å²) in [5.41, 5.74) is 2.76. The van der Waals surface area contributed by atoms with Crippen molar-refractivity contribution in [3.05, 3.63) is 47.3 Å². The van der Waals surface area contributed by atoms with Gasteiger partial charge in [0.15, 0.2) is 0 Å². The summed E-state index contributed by atoms with van der Waals surface area (Å²) in [6.07, 6.45) is 12.7. The number of carbonyl (C=O) groups is 2. The summed E-state index contributed by atoms with van der Waals surface area (Å²) in [6, 6.07) is 7.09. The van der Waals surface area contributed by atoms with Crippen molar-refractivity contribution in [1.82, 2.24) is 15.1 Å². The highest BCUT2D eigenvalue weighted by atomic mass is 16.4. The van der Waals surface area contributed by atoms with Crippen LogP contribution in [0.15, 0.2) is 30.5 Å². The van der Waals surface area contributed by atoms with E-state index in [0.717, 1.165) is 36.1 Å². The van der Waals surface area contributed by atoms with E-state index in [-0.39, 0.29) is 11.5 Å². The first-order chi connectivity index (χ1) is 15.6. The number of nitrogens with zero attached hydrogens (tertiary/aromatic N) is 2. The summed E-state index contributed by atoms with van der Waals surface area (Å²) in [6.45, 7) is 0. The van der Waals surface area contributed by atoms with Crippen molar-refractivity contribution in [2.75, 3.05) is 0 Å². The van der Waals surface area contributed by atoms with Crippen molar-refractivity contribution in [3.8, 4) is 5.69 Å². The second-order valence-corrected chi connectivity index (χ2v) is 10.6. The Morgan fingerprint density at radius 1 is 0.938 bits per heavy atom. The first kappa shape index (κ1) is 20.0. The molecular formula is C26H31N3O3. The molecule has 2 N–H and O–H groups in total. The summed E-state index contributed by atoms with van der Waals surface area (Å²) in [7, 11) is 0. The van der Waals surface area contributed by atoms with E-state index in [4.69, 9.17) is 0 Å². The standard InChI is InChI=1S/C26H31N3O3/c30-25(28-23-19-10-15-9-16(12-19)13-20(23)11-15)22-14-27-29(24(22)17-3-1-2-4-17)21-7-5-18(6-8-21)26(31)32/h5-8,14-17,19-20,23H,1-4,9-13H2,(H,28,30)(H,31,32). The highest BCUT2D eigenvalue weighted by Crippen LogP contribution is 2.53. The van der Waals surface area contributed by atoms with Crippen LogP contribution in [0.4, 0.5) is 0 Å². The van der Waals surface area contributed by atoms with Crippen LogP contribution in [0.1, 0.15) is 90.1 Å². The van der Waals surface area contributed by atoms with Crippen LogP contribution in [0.25, 0.3) is 5.69 Å². The molecule has 1 aromatic heterocycles. The Bertz CT molecular complexity index is 1010. The molecular weight excluding hydrogens is 402 g/mol. The molecule has 5 saturated carbocycles. The smallest absolute Gasteiger partial charge is 0.335 e. The van der Waals surface area contributed by atoms with Gasteiger partial charge in [0.05, 0.1) is 28.7 Å². The molecule has 1 heterocycles. The van der Waals surface area contributed by atoms with Gasteiger partial charge in [-0.2, -0.15) is 5.10 Å². The maximum Gasteiger partial charge on any atom is 0.335 e. The third-order valence-electron chi connectivity index (χ3n) is 8.68. The zero-order valence-electron chi connectivity index (χ0n) is 18.4. The largest absolute Gasteiger partial charge is 0.478 e. The van der Waals surface area contributed by atoms with Crippen LogP contribution in [0.3, 0.4) is 0 Å². The van der Waals surface area contributed by atoms with Gasteiger partial charge in [-0.05, 0) is 92.9 Å². The molecule has 4 bridgehead atoms. The number of benzene rings is 1. The third-order valence-corrected chi connectivity index (χ3v) is 8.68.